The molecule has 1 N–H and O–H groups in total. The number of carbonyl (C=O) groups is 1. The van der Waals surface area contributed by atoms with Crippen molar-refractivity contribution in [2.24, 2.45) is 0 Å². The molecule has 0 atom stereocenters. The van der Waals surface area contributed by atoms with Crippen LogP contribution in [-0.4, -0.2) is 36.4 Å². The summed E-state index contributed by atoms with van der Waals surface area (Å²) < 4.78 is 10.3. The van der Waals surface area contributed by atoms with E-state index in [4.69, 9.17) is 14.6 Å². The van der Waals surface area contributed by atoms with Crippen molar-refractivity contribution in [3.63, 3.8) is 0 Å². The lowest BCUT2D eigenvalue weighted by atomic mass is 10.1. The summed E-state index contributed by atoms with van der Waals surface area (Å²) in [5.74, 6) is -1.48. The van der Waals surface area contributed by atoms with Crippen molar-refractivity contribution in [2.45, 2.75) is 25.0 Å². The molecule has 0 radical (unpaired) electrons. The van der Waals surface area contributed by atoms with Crippen molar-refractivity contribution in [1.82, 2.24) is 0 Å². The molecule has 0 unspecified atom stereocenters. The number of halogens is 1. The molecule has 0 saturated carbocycles. The van der Waals surface area contributed by atoms with Gasteiger partial charge in [-0.2, -0.15) is 0 Å². The van der Waals surface area contributed by atoms with Gasteiger partial charge in [-0.05, 0) is 6.42 Å². The molecule has 5 heteroatoms. The second-order valence-electron chi connectivity index (χ2n) is 2.70. The zero-order valence-corrected chi connectivity index (χ0v) is 9.46. The number of alkyl halides is 1. The summed E-state index contributed by atoms with van der Waals surface area (Å²) >= 11 is 3.26. The van der Waals surface area contributed by atoms with Crippen molar-refractivity contribution in [2.75, 3.05) is 19.5 Å². The Hall–Kier alpha value is -0.130. The largest absolute Gasteiger partial charge is 0.481 e. The Kier molecular flexibility index (Phi) is 6.28. The highest BCUT2D eigenvalue weighted by molar-refractivity contribution is 9.09. The molecule has 0 saturated heterocycles. The summed E-state index contributed by atoms with van der Waals surface area (Å²) in [7, 11) is 3.09. The average Bonchev–Trinajstić information content (AvgIpc) is 2.13. The van der Waals surface area contributed by atoms with E-state index in [-0.39, 0.29) is 6.42 Å². The van der Waals surface area contributed by atoms with Crippen LogP contribution < -0.4 is 0 Å². The number of ether oxygens (including phenoxy) is 2. The third-order valence-electron chi connectivity index (χ3n) is 1.90. The molecule has 0 spiro atoms. The molecular formula is C8H15BrO4. The third-order valence-corrected chi connectivity index (χ3v) is 2.75. The minimum atomic E-state index is -0.796. The van der Waals surface area contributed by atoms with Gasteiger partial charge < -0.3 is 14.6 Å². The number of carboxylic acid groups (broad SMARTS) is 1. The fourth-order valence-corrected chi connectivity index (χ4v) is 1.71. The SMILES string of the molecule is COC(CBr)(CCCC(=O)O)OC. The van der Waals surface area contributed by atoms with E-state index >= 15 is 0 Å². The predicted octanol–water partition coefficient (Wildman–Crippen LogP) is 1.63. The number of hydrogen-bond donors (Lipinski definition) is 1. The standard InChI is InChI=1S/C8H15BrO4/c1-12-8(6-9,13-2)5-3-4-7(10)11/h3-6H2,1-2H3,(H,10,11). The van der Waals surface area contributed by atoms with Gasteiger partial charge in [0.05, 0.1) is 5.33 Å². The summed E-state index contributed by atoms with van der Waals surface area (Å²) in [6.45, 7) is 0. The van der Waals surface area contributed by atoms with E-state index in [9.17, 15) is 4.79 Å². The molecule has 0 heterocycles. The Labute approximate surface area is 86.3 Å². The monoisotopic (exact) mass is 254 g/mol. The van der Waals surface area contributed by atoms with Crippen molar-refractivity contribution in [3.8, 4) is 0 Å². The Morgan fingerprint density at radius 3 is 2.31 bits per heavy atom. The van der Waals surface area contributed by atoms with Crippen molar-refractivity contribution in [3.05, 3.63) is 0 Å². The molecule has 0 aliphatic heterocycles. The lowest BCUT2D eigenvalue weighted by molar-refractivity contribution is -0.193. The van der Waals surface area contributed by atoms with Crippen LogP contribution in [0.1, 0.15) is 19.3 Å². The molecule has 0 rings (SSSR count). The molecule has 78 valence electrons. The second kappa shape index (κ2) is 6.34. The highest BCUT2D eigenvalue weighted by atomic mass is 79.9. The van der Waals surface area contributed by atoms with Gasteiger partial charge >= 0.3 is 5.97 Å². The van der Waals surface area contributed by atoms with E-state index in [1.54, 1.807) is 14.2 Å². The first-order valence-corrected chi connectivity index (χ1v) is 5.10. The van der Waals surface area contributed by atoms with Crippen LogP contribution in [0.2, 0.25) is 0 Å². The molecule has 0 bridgehead atoms. The molecule has 13 heavy (non-hydrogen) atoms. The first-order valence-electron chi connectivity index (χ1n) is 3.98. The quantitative estimate of drug-likeness (QED) is 0.554. The maximum atomic E-state index is 10.3. The van der Waals surface area contributed by atoms with E-state index in [1.165, 1.54) is 0 Å². The Morgan fingerprint density at radius 2 is 2.00 bits per heavy atom. The maximum Gasteiger partial charge on any atom is 0.303 e. The fraction of sp³-hybridized carbons (Fsp3) is 0.875. The third kappa shape index (κ3) is 4.59. The zero-order valence-electron chi connectivity index (χ0n) is 7.88. The van der Waals surface area contributed by atoms with Crippen molar-refractivity contribution in [1.29, 1.82) is 0 Å². The maximum absolute atomic E-state index is 10.3. The van der Waals surface area contributed by atoms with Crippen LogP contribution in [0, 0.1) is 0 Å². The Morgan fingerprint density at radius 1 is 1.46 bits per heavy atom. The number of hydrogen-bond acceptors (Lipinski definition) is 3. The molecule has 4 nitrogen and oxygen atoms in total. The van der Waals surface area contributed by atoms with Crippen molar-refractivity contribution < 1.29 is 19.4 Å². The van der Waals surface area contributed by atoms with Gasteiger partial charge in [-0.15, -0.1) is 0 Å². The summed E-state index contributed by atoms with van der Waals surface area (Å²) in [5, 5.41) is 8.97. The molecule has 0 aliphatic rings. The number of rotatable bonds is 7. The molecule has 0 aromatic carbocycles. The molecule has 0 aromatic heterocycles. The molecular weight excluding hydrogens is 240 g/mol. The topological polar surface area (TPSA) is 55.8 Å². The lowest BCUT2D eigenvalue weighted by Crippen LogP contribution is -2.35. The highest BCUT2D eigenvalue weighted by Gasteiger charge is 2.27. The van der Waals surface area contributed by atoms with Crippen LogP contribution in [-0.2, 0) is 14.3 Å². The van der Waals surface area contributed by atoms with E-state index < -0.39 is 11.8 Å². The van der Waals surface area contributed by atoms with Gasteiger partial charge in [0, 0.05) is 27.1 Å². The van der Waals surface area contributed by atoms with Gasteiger partial charge in [0.25, 0.3) is 0 Å². The average molecular weight is 255 g/mol. The second-order valence-corrected chi connectivity index (χ2v) is 3.26. The molecule has 0 amide bonds. The van der Waals surface area contributed by atoms with Gasteiger partial charge in [0.15, 0.2) is 5.79 Å². The van der Waals surface area contributed by atoms with Crippen LogP contribution >= 0.6 is 15.9 Å². The first kappa shape index (κ1) is 12.9. The highest BCUT2D eigenvalue weighted by Crippen LogP contribution is 2.21. The van der Waals surface area contributed by atoms with Crippen LogP contribution in [0.25, 0.3) is 0 Å². The van der Waals surface area contributed by atoms with Gasteiger partial charge in [-0.1, -0.05) is 15.9 Å². The normalized spacial score (nSPS) is 11.6. The number of carboxylic acids is 1. The summed E-state index contributed by atoms with van der Waals surface area (Å²) in [6, 6.07) is 0. The van der Waals surface area contributed by atoms with E-state index in [1.807, 2.05) is 0 Å². The first-order chi connectivity index (χ1) is 6.10. The van der Waals surface area contributed by atoms with E-state index in [2.05, 4.69) is 15.9 Å². The van der Waals surface area contributed by atoms with Gasteiger partial charge in [-0.25, -0.2) is 0 Å². The Balaban J connectivity index is 3.88. The minimum absolute atomic E-state index is 0.140. The summed E-state index contributed by atoms with van der Waals surface area (Å²) in [4.78, 5) is 10.3. The minimum Gasteiger partial charge on any atom is -0.481 e. The van der Waals surface area contributed by atoms with Crippen LogP contribution in [0.5, 0.6) is 0 Å². The molecule has 0 aromatic rings. The number of methoxy groups -OCH3 is 2. The van der Waals surface area contributed by atoms with Gasteiger partial charge in [0.1, 0.15) is 0 Å². The van der Waals surface area contributed by atoms with Crippen molar-refractivity contribution >= 4 is 21.9 Å². The van der Waals surface area contributed by atoms with E-state index in [0.717, 1.165) is 0 Å². The summed E-state index contributed by atoms with van der Waals surface area (Å²) in [6.07, 6.45) is 1.25. The lowest BCUT2D eigenvalue weighted by Gasteiger charge is -2.28. The smallest absolute Gasteiger partial charge is 0.303 e. The Bertz CT molecular complexity index is 148. The van der Waals surface area contributed by atoms with E-state index in [0.29, 0.717) is 18.2 Å². The van der Waals surface area contributed by atoms with Crippen LogP contribution in [0.15, 0.2) is 0 Å². The van der Waals surface area contributed by atoms with Gasteiger partial charge in [0.2, 0.25) is 0 Å². The predicted molar refractivity (Wildman–Crippen MR) is 52.0 cm³/mol. The van der Waals surface area contributed by atoms with Crippen LogP contribution in [0.3, 0.4) is 0 Å². The van der Waals surface area contributed by atoms with Crippen LogP contribution in [0.4, 0.5) is 0 Å². The summed E-state index contributed by atoms with van der Waals surface area (Å²) in [5.41, 5.74) is 0. The fourth-order valence-electron chi connectivity index (χ4n) is 0.972. The zero-order chi connectivity index (χ0) is 10.3. The molecule has 0 aliphatic carbocycles. The van der Waals surface area contributed by atoms with Gasteiger partial charge in [-0.3, -0.25) is 4.79 Å². The molecule has 0 fully saturated rings. The number of aliphatic carboxylic acids is 1.